The zero-order valence-corrected chi connectivity index (χ0v) is 13.2. The molecule has 3 rings (SSSR count). The van der Waals surface area contributed by atoms with Gasteiger partial charge in [-0.2, -0.15) is 18.3 Å². The fraction of sp³-hybridized carbons (Fsp3) is 0.188. The van der Waals surface area contributed by atoms with Crippen molar-refractivity contribution in [2.45, 2.75) is 13.1 Å². The van der Waals surface area contributed by atoms with Crippen LogP contribution in [-0.2, 0) is 6.18 Å². The number of halogens is 4. The standard InChI is InChI=1S/C16H12ClF3N2O2/c1-9(10-2-5-14-15(6-10)24-8-23-14)21-22-13-7-11(16(18,19)20)3-4-12(13)17/h2-7,22H,8H2,1H3/b21-9-. The molecule has 0 bridgehead atoms. The average Bonchev–Trinajstić information content (AvgIpc) is 3.00. The van der Waals surface area contributed by atoms with E-state index in [1.807, 2.05) is 0 Å². The van der Waals surface area contributed by atoms with Gasteiger partial charge in [0.15, 0.2) is 11.5 Å². The molecule has 1 aliphatic rings. The lowest BCUT2D eigenvalue weighted by atomic mass is 10.1. The summed E-state index contributed by atoms with van der Waals surface area (Å²) in [6.45, 7) is 1.87. The molecule has 0 fully saturated rings. The number of rotatable bonds is 3. The number of hydrogen-bond donors (Lipinski definition) is 1. The molecule has 0 aliphatic carbocycles. The summed E-state index contributed by atoms with van der Waals surface area (Å²) in [5.41, 5.74) is 3.15. The number of hydrazone groups is 1. The Kier molecular flexibility index (Phi) is 4.28. The maximum atomic E-state index is 12.8. The monoisotopic (exact) mass is 356 g/mol. The van der Waals surface area contributed by atoms with E-state index in [0.717, 1.165) is 17.7 Å². The quantitative estimate of drug-likeness (QED) is 0.626. The first kappa shape index (κ1) is 16.4. The summed E-state index contributed by atoms with van der Waals surface area (Å²) in [6.07, 6.45) is -4.45. The summed E-state index contributed by atoms with van der Waals surface area (Å²) < 4.78 is 48.8. The van der Waals surface area contributed by atoms with Gasteiger partial charge >= 0.3 is 6.18 Å². The Hall–Kier alpha value is -2.41. The first-order chi connectivity index (χ1) is 11.3. The van der Waals surface area contributed by atoms with Crippen molar-refractivity contribution in [1.29, 1.82) is 0 Å². The van der Waals surface area contributed by atoms with Crippen LogP contribution in [-0.4, -0.2) is 12.5 Å². The Morgan fingerprint density at radius 2 is 1.88 bits per heavy atom. The molecule has 0 aromatic heterocycles. The van der Waals surface area contributed by atoms with E-state index in [9.17, 15) is 13.2 Å². The number of benzene rings is 2. The van der Waals surface area contributed by atoms with Gasteiger partial charge in [0.25, 0.3) is 0 Å². The van der Waals surface area contributed by atoms with Crippen molar-refractivity contribution in [3.63, 3.8) is 0 Å². The molecule has 0 saturated carbocycles. The van der Waals surface area contributed by atoms with E-state index in [4.69, 9.17) is 21.1 Å². The maximum Gasteiger partial charge on any atom is 0.416 e. The van der Waals surface area contributed by atoms with Crippen LogP contribution in [0.1, 0.15) is 18.1 Å². The van der Waals surface area contributed by atoms with Crippen LogP contribution in [0.5, 0.6) is 11.5 Å². The third kappa shape index (κ3) is 3.41. The largest absolute Gasteiger partial charge is 0.454 e. The van der Waals surface area contributed by atoms with Gasteiger partial charge in [0.05, 0.1) is 22.0 Å². The second-order valence-electron chi connectivity index (χ2n) is 5.07. The Bertz CT molecular complexity index is 806. The summed E-state index contributed by atoms with van der Waals surface area (Å²) in [5, 5.41) is 4.24. The van der Waals surface area contributed by atoms with Crippen LogP contribution >= 0.6 is 11.6 Å². The highest BCUT2D eigenvalue weighted by atomic mass is 35.5. The third-order valence-electron chi connectivity index (χ3n) is 3.43. The van der Waals surface area contributed by atoms with Gasteiger partial charge in [0.2, 0.25) is 6.79 Å². The van der Waals surface area contributed by atoms with Gasteiger partial charge in [-0.05, 0) is 43.3 Å². The molecular formula is C16H12ClF3N2O2. The number of nitrogens with one attached hydrogen (secondary N) is 1. The van der Waals surface area contributed by atoms with Gasteiger partial charge in [-0.3, -0.25) is 5.43 Å². The Morgan fingerprint density at radius 3 is 2.62 bits per heavy atom. The van der Waals surface area contributed by atoms with Crippen LogP contribution in [0.3, 0.4) is 0 Å². The topological polar surface area (TPSA) is 42.9 Å². The minimum absolute atomic E-state index is 0.0755. The number of ether oxygens (including phenoxy) is 2. The zero-order chi connectivity index (χ0) is 17.3. The second-order valence-corrected chi connectivity index (χ2v) is 5.48. The molecule has 0 radical (unpaired) electrons. The van der Waals surface area contributed by atoms with Crippen LogP contribution in [0.4, 0.5) is 18.9 Å². The molecule has 1 N–H and O–H groups in total. The first-order valence-corrected chi connectivity index (χ1v) is 7.29. The van der Waals surface area contributed by atoms with Crippen molar-refractivity contribution >= 4 is 23.0 Å². The van der Waals surface area contributed by atoms with Gasteiger partial charge in [-0.15, -0.1) is 0 Å². The first-order valence-electron chi connectivity index (χ1n) is 6.91. The molecule has 24 heavy (non-hydrogen) atoms. The van der Waals surface area contributed by atoms with Crippen molar-refractivity contribution in [2.75, 3.05) is 12.2 Å². The Morgan fingerprint density at radius 1 is 1.12 bits per heavy atom. The van der Waals surface area contributed by atoms with E-state index in [-0.39, 0.29) is 17.5 Å². The fourth-order valence-corrected chi connectivity index (χ4v) is 2.28. The van der Waals surface area contributed by atoms with E-state index in [0.29, 0.717) is 17.2 Å². The molecule has 0 atom stereocenters. The summed E-state index contributed by atoms with van der Waals surface area (Å²) in [6, 6.07) is 8.28. The molecular weight excluding hydrogens is 345 g/mol. The third-order valence-corrected chi connectivity index (χ3v) is 3.76. The van der Waals surface area contributed by atoms with Gasteiger partial charge < -0.3 is 9.47 Å². The molecule has 0 saturated heterocycles. The van der Waals surface area contributed by atoms with Crippen LogP contribution in [0.25, 0.3) is 0 Å². The smallest absolute Gasteiger partial charge is 0.416 e. The highest BCUT2D eigenvalue weighted by Crippen LogP contribution is 2.34. The minimum atomic E-state index is -4.45. The van der Waals surface area contributed by atoms with Crippen molar-refractivity contribution in [3.8, 4) is 11.5 Å². The van der Waals surface area contributed by atoms with Crippen LogP contribution in [0, 0.1) is 0 Å². The van der Waals surface area contributed by atoms with Crippen molar-refractivity contribution in [2.24, 2.45) is 5.10 Å². The maximum absolute atomic E-state index is 12.8. The zero-order valence-electron chi connectivity index (χ0n) is 12.4. The van der Waals surface area contributed by atoms with E-state index >= 15 is 0 Å². The molecule has 2 aromatic carbocycles. The molecule has 0 unspecified atom stereocenters. The minimum Gasteiger partial charge on any atom is -0.454 e. The van der Waals surface area contributed by atoms with Gasteiger partial charge in [0.1, 0.15) is 0 Å². The molecule has 0 amide bonds. The SMILES string of the molecule is C/C(=N/Nc1cc(C(F)(F)F)ccc1Cl)c1ccc2c(c1)OCO2. The molecule has 2 aromatic rings. The summed E-state index contributed by atoms with van der Waals surface area (Å²) >= 11 is 5.92. The van der Waals surface area contributed by atoms with E-state index in [1.165, 1.54) is 6.07 Å². The molecule has 8 heteroatoms. The lowest BCUT2D eigenvalue weighted by Gasteiger charge is -2.10. The van der Waals surface area contributed by atoms with E-state index < -0.39 is 11.7 Å². The van der Waals surface area contributed by atoms with Crippen LogP contribution in [0.15, 0.2) is 41.5 Å². The lowest BCUT2D eigenvalue weighted by molar-refractivity contribution is -0.137. The molecule has 0 spiro atoms. The van der Waals surface area contributed by atoms with Gasteiger partial charge in [-0.1, -0.05) is 11.6 Å². The molecule has 4 nitrogen and oxygen atoms in total. The molecule has 1 aliphatic heterocycles. The van der Waals surface area contributed by atoms with Crippen molar-refractivity contribution in [1.82, 2.24) is 0 Å². The number of alkyl halides is 3. The average molecular weight is 357 g/mol. The molecule has 1 heterocycles. The lowest BCUT2D eigenvalue weighted by Crippen LogP contribution is -2.06. The Labute approximate surface area is 140 Å². The predicted molar refractivity (Wildman–Crippen MR) is 84.9 cm³/mol. The summed E-state index contributed by atoms with van der Waals surface area (Å²) in [4.78, 5) is 0. The van der Waals surface area contributed by atoms with Crippen molar-refractivity contribution in [3.05, 3.63) is 52.5 Å². The van der Waals surface area contributed by atoms with Crippen LogP contribution in [0.2, 0.25) is 5.02 Å². The van der Waals surface area contributed by atoms with Crippen molar-refractivity contribution < 1.29 is 22.6 Å². The van der Waals surface area contributed by atoms with Gasteiger partial charge in [-0.25, -0.2) is 0 Å². The number of fused-ring (bicyclic) bond motifs is 1. The fourth-order valence-electron chi connectivity index (χ4n) is 2.12. The normalized spacial score (nSPS) is 14.0. The number of hydrogen-bond acceptors (Lipinski definition) is 4. The van der Waals surface area contributed by atoms with E-state index in [2.05, 4.69) is 10.5 Å². The Balaban J connectivity index is 1.82. The highest BCUT2D eigenvalue weighted by molar-refractivity contribution is 6.33. The second kappa shape index (κ2) is 6.24. The summed E-state index contributed by atoms with van der Waals surface area (Å²) in [7, 11) is 0. The highest BCUT2D eigenvalue weighted by Gasteiger charge is 2.30. The van der Waals surface area contributed by atoms with Crippen LogP contribution < -0.4 is 14.9 Å². The van der Waals surface area contributed by atoms with Gasteiger partial charge in [0, 0.05) is 5.56 Å². The van der Waals surface area contributed by atoms with E-state index in [1.54, 1.807) is 25.1 Å². The molecule has 126 valence electrons. The predicted octanol–water partition coefficient (Wildman–Crippen LogP) is 4.92. The number of anilines is 1. The summed E-state index contributed by atoms with van der Waals surface area (Å²) in [5.74, 6) is 1.24. The number of nitrogens with zero attached hydrogens (tertiary/aromatic N) is 1.